The Kier molecular flexibility index (Phi) is 5.99. The Hall–Kier alpha value is -2.43. The number of fused-ring (bicyclic) bond motifs is 2. The molecular weight excluding hydrogens is 314 g/mol. The monoisotopic (exact) mass is 339 g/mol. The van der Waals surface area contributed by atoms with Gasteiger partial charge in [0.05, 0.1) is 5.52 Å². The van der Waals surface area contributed by atoms with Crippen molar-refractivity contribution in [2.45, 2.75) is 51.4 Å². The van der Waals surface area contributed by atoms with E-state index < -0.39 is 0 Å². The normalized spacial score (nSPS) is 13.9. The van der Waals surface area contributed by atoms with Gasteiger partial charge in [0.15, 0.2) is 0 Å². The summed E-state index contributed by atoms with van der Waals surface area (Å²) in [7, 11) is 0. The molecule has 132 valence electrons. The van der Waals surface area contributed by atoms with Crippen LogP contribution in [0.3, 0.4) is 0 Å². The van der Waals surface area contributed by atoms with E-state index >= 15 is 0 Å². The van der Waals surface area contributed by atoms with Crippen LogP contribution in [0.15, 0.2) is 29.4 Å². The number of carbonyl (C=O) groups is 1. The summed E-state index contributed by atoms with van der Waals surface area (Å²) < 4.78 is 0. The largest absolute Gasteiger partial charge is 0.411 e. The van der Waals surface area contributed by atoms with E-state index in [0.717, 1.165) is 50.3 Å². The van der Waals surface area contributed by atoms with Crippen LogP contribution in [-0.2, 0) is 24.1 Å². The third-order valence-corrected chi connectivity index (χ3v) is 4.87. The predicted octanol–water partition coefficient (Wildman–Crippen LogP) is 3.40. The van der Waals surface area contributed by atoms with E-state index in [2.05, 4.69) is 34.7 Å². The Balaban J connectivity index is 1.62. The Morgan fingerprint density at radius 2 is 2.04 bits per heavy atom. The van der Waals surface area contributed by atoms with Crippen LogP contribution >= 0.6 is 0 Å². The SMILES string of the molecule is O=C(/C=N/O)NCCCCCc1c2c(nc3ccccc13)CCCC2. The molecule has 1 heterocycles. The molecular formula is C20H25N3O2. The zero-order chi connectivity index (χ0) is 17.5. The van der Waals surface area contributed by atoms with Crippen molar-refractivity contribution >= 4 is 23.0 Å². The summed E-state index contributed by atoms with van der Waals surface area (Å²) in [6.07, 6.45) is 9.80. The topological polar surface area (TPSA) is 74.6 Å². The fourth-order valence-electron chi connectivity index (χ4n) is 3.67. The summed E-state index contributed by atoms with van der Waals surface area (Å²) in [5.74, 6) is -0.350. The number of hydrogen-bond donors (Lipinski definition) is 2. The van der Waals surface area contributed by atoms with Gasteiger partial charge in [0.1, 0.15) is 6.21 Å². The molecule has 3 rings (SSSR count). The molecule has 0 radical (unpaired) electrons. The van der Waals surface area contributed by atoms with Gasteiger partial charge in [-0.05, 0) is 62.1 Å². The van der Waals surface area contributed by atoms with Crippen LogP contribution in [0.1, 0.15) is 48.9 Å². The standard InChI is InChI=1S/C20H25N3O2/c24-20(14-22-25)21-13-7-1-2-8-15-16-9-3-5-11-18(16)23-19-12-6-4-10-17(15)19/h3,5,9,11,14,25H,1-2,4,6-8,10,12-13H2,(H,21,24)/b22-14+. The number of unbranched alkanes of at least 4 members (excludes halogenated alkanes) is 2. The Morgan fingerprint density at radius 3 is 2.92 bits per heavy atom. The van der Waals surface area contributed by atoms with Crippen LogP contribution < -0.4 is 5.32 Å². The van der Waals surface area contributed by atoms with Crippen LogP contribution in [0.25, 0.3) is 10.9 Å². The molecule has 1 aromatic heterocycles. The molecule has 1 aromatic carbocycles. The first-order valence-electron chi connectivity index (χ1n) is 9.14. The average molecular weight is 339 g/mol. The van der Waals surface area contributed by atoms with Crippen molar-refractivity contribution < 1.29 is 10.0 Å². The molecule has 0 aliphatic heterocycles. The number of benzene rings is 1. The third-order valence-electron chi connectivity index (χ3n) is 4.87. The number of aryl methyl sites for hydroxylation is 2. The van der Waals surface area contributed by atoms with Gasteiger partial charge in [0, 0.05) is 17.6 Å². The fraction of sp³-hybridized carbons (Fsp3) is 0.450. The number of pyridine rings is 1. The maximum Gasteiger partial charge on any atom is 0.265 e. The highest BCUT2D eigenvalue weighted by Crippen LogP contribution is 2.30. The highest BCUT2D eigenvalue weighted by Gasteiger charge is 2.17. The zero-order valence-electron chi connectivity index (χ0n) is 14.5. The minimum atomic E-state index is -0.350. The first-order chi connectivity index (χ1) is 12.3. The molecule has 0 spiro atoms. The lowest BCUT2D eigenvalue weighted by Gasteiger charge is -2.21. The number of hydrogen-bond acceptors (Lipinski definition) is 4. The molecule has 5 heteroatoms. The number of nitrogens with zero attached hydrogens (tertiary/aromatic N) is 2. The second kappa shape index (κ2) is 8.60. The Bertz CT molecular complexity index is 771. The number of rotatable bonds is 7. The second-order valence-corrected chi connectivity index (χ2v) is 6.59. The van der Waals surface area contributed by atoms with Crippen molar-refractivity contribution in [3.05, 3.63) is 41.1 Å². The van der Waals surface area contributed by atoms with Gasteiger partial charge < -0.3 is 10.5 Å². The molecule has 5 nitrogen and oxygen atoms in total. The zero-order valence-corrected chi connectivity index (χ0v) is 14.5. The molecule has 1 aliphatic rings. The van der Waals surface area contributed by atoms with E-state index in [0.29, 0.717) is 6.54 Å². The molecule has 0 fully saturated rings. The van der Waals surface area contributed by atoms with E-state index in [9.17, 15) is 4.79 Å². The molecule has 1 amide bonds. The van der Waals surface area contributed by atoms with Crippen molar-refractivity contribution in [1.29, 1.82) is 0 Å². The predicted molar refractivity (Wildman–Crippen MR) is 99.2 cm³/mol. The molecule has 2 N–H and O–H groups in total. The molecule has 0 saturated heterocycles. The van der Waals surface area contributed by atoms with Gasteiger partial charge in [0.25, 0.3) is 5.91 Å². The highest BCUT2D eigenvalue weighted by molar-refractivity contribution is 6.25. The van der Waals surface area contributed by atoms with Crippen LogP contribution in [-0.4, -0.2) is 28.9 Å². The number of carbonyl (C=O) groups excluding carboxylic acids is 1. The molecule has 0 bridgehead atoms. The third kappa shape index (κ3) is 4.35. The number of amides is 1. The molecule has 0 unspecified atom stereocenters. The summed E-state index contributed by atoms with van der Waals surface area (Å²) in [5, 5.41) is 15.0. The van der Waals surface area contributed by atoms with Gasteiger partial charge >= 0.3 is 0 Å². The first-order valence-corrected chi connectivity index (χ1v) is 9.14. The van der Waals surface area contributed by atoms with Crippen LogP contribution in [0.4, 0.5) is 0 Å². The summed E-state index contributed by atoms with van der Waals surface area (Å²) >= 11 is 0. The van der Waals surface area contributed by atoms with Gasteiger partial charge in [-0.1, -0.05) is 29.8 Å². The van der Waals surface area contributed by atoms with E-state index in [1.165, 1.54) is 35.0 Å². The van der Waals surface area contributed by atoms with E-state index in [-0.39, 0.29) is 5.91 Å². The maximum atomic E-state index is 11.2. The number of nitrogens with one attached hydrogen (secondary N) is 1. The summed E-state index contributed by atoms with van der Waals surface area (Å²) in [4.78, 5) is 16.1. The smallest absolute Gasteiger partial charge is 0.265 e. The number of oxime groups is 1. The molecule has 0 atom stereocenters. The lowest BCUT2D eigenvalue weighted by Crippen LogP contribution is -2.25. The van der Waals surface area contributed by atoms with Crippen molar-refractivity contribution in [2.75, 3.05) is 6.54 Å². The van der Waals surface area contributed by atoms with Crippen molar-refractivity contribution in [1.82, 2.24) is 10.3 Å². The quantitative estimate of drug-likeness (QED) is 0.351. The van der Waals surface area contributed by atoms with Gasteiger partial charge in [-0.15, -0.1) is 0 Å². The molecule has 2 aromatic rings. The minimum absolute atomic E-state index is 0.350. The summed E-state index contributed by atoms with van der Waals surface area (Å²) in [5.41, 5.74) is 5.39. The lowest BCUT2D eigenvalue weighted by molar-refractivity contribution is -0.114. The van der Waals surface area contributed by atoms with Crippen LogP contribution in [0.5, 0.6) is 0 Å². The molecule has 0 saturated carbocycles. The van der Waals surface area contributed by atoms with Crippen LogP contribution in [0, 0.1) is 0 Å². The van der Waals surface area contributed by atoms with Crippen molar-refractivity contribution in [3.63, 3.8) is 0 Å². The van der Waals surface area contributed by atoms with Crippen molar-refractivity contribution in [2.24, 2.45) is 5.16 Å². The average Bonchev–Trinajstić information content (AvgIpc) is 2.64. The molecule has 1 aliphatic carbocycles. The number of para-hydroxylation sites is 1. The van der Waals surface area contributed by atoms with E-state index in [1.54, 1.807) is 0 Å². The van der Waals surface area contributed by atoms with Gasteiger partial charge in [-0.2, -0.15) is 0 Å². The second-order valence-electron chi connectivity index (χ2n) is 6.59. The first kappa shape index (κ1) is 17.4. The van der Waals surface area contributed by atoms with E-state index in [4.69, 9.17) is 10.2 Å². The molecule has 25 heavy (non-hydrogen) atoms. The summed E-state index contributed by atoms with van der Waals surface area (Å²) in [6.45, 7) is 0.611. The van der Waals surface area contributed by atoms with Gasteiger partial charge in [0.2, 0.25) is 0 Å². The van der Waals surface area contributed by atoms with Gasteiger partial charge in [-0.25, -0.2) is 0 Å². The maximum absolute atomic E-state index is 11.2. The lowest BCUT2D eigenvalue weighted by atomic mass is 9.87. The summed E-state index contributed by atoms with van der Waals surface area (Å²) in [6, 6.07) is 8.47. The fourth-order valence-corrected chi connectivity index (χ4v) is 3.67. The van der Waals surface area contributed by atoms with Gasteiger partial charge in [-0.3, -0.25) is 9.78 Å². The number of aromatic nitrogens is 1. The van der Waals surface area contributed by atoms with Crippen LogP contribution in [0.2, 0.25) is 0 Å². The Morgan fingerprint density at radius 1 is 1.20 bits per heavy atom. The van der Waals surface area contributed by atoms with Crippen molar-refractivity contribution in [3.8, 4) is 0 Å². The highest BCUT2D eigenvalue weighted by atomic mass is 16.4. The van der Waals surface area contributed by atoms with E-state index in [1.807, 2.05) is 0 Å². The Labute approximate surface area is 148 Å². The minimum Gasteiger partial charge on any atom is -0.411 e.